The van der Waals surface area contributed by atoms with E-state index in [9.17, 15) is 34.8 Å². The molecule has 1 amide bonds. The van der Waals surface area contributed by atoms with Crippen molar-refractivity contribution in [1.82, 2.24) is 9.55 Å². The van der Waals surface area contributed by atoms with Crippen LogP contribution in [0.3, 0.4) is 0 Å². The Morgan fingerprint density at radius 2 is 1.64 bits per heavy atom. The maximum absolute atomic E-state index is 16.3. The Bertz CT molecular complexity index is 2360. The second-order valence-corrected chi connectivity index (χ2v) is 15.3. The normalized spacial score (nSPS) is 22.7. The summed E-state index contributed by atoms with van der Waals surface area (Å²) in [7, 11) is 0. The third-order valence-corrected chi connectivity index (χ3v) is 11.4. The van der Waals surface area contributed by atoms with Gasteiger partial charge in [0.1, 0.15) is 42.3 Å². The Kier molecular flexibility index (Phi) is 11.2. The van der Waals surface area contributed by atoms with Crippen LogP contribution in [0.5, 0.6) is 5.75 Å². The van der Waals surface area contributed by atoms with Gasteiger partial charge in [-0.3, -0.25) is 4.79 Å². The minimum Gasteiger partial charge on any atom is -0.489 e. The molecule has 5 aromatic rings. The fourth-order valence-corrected chi connectivity index (χ4v) is 8.20. The summed E-state index contributed by atoms with van der Waals surface area (Å²) < 4.78 is 34.9. The van der Waals surface area contributed by atoms with Gasteiger partial charge in [0.25, 0.3) is 0 Å². The number of hydrogen-bond acceptors (Lipinski definition) is 10. The topological polar surface area (TPSA) is 181 Å². The van der Waals surface area contributed by atoms with E-state index in [0.29, 0.717) is 34.8 Å². The molecule has 5 unspecified atom stereocenters. The Morgan fingerprint density at radius 3 is 2.34 bits per heavy atom. The number of imidazole rings is 1. The number of esters is 1. The number of nitrogens with zero attached hydrogens (tertiary/aromatic N) is 3. The molecule has 302 valence electrons. The van der Waals surface area contributed by atoms with Gasteiger partial charge in [-0.15, -0.1) is 0 Å². The summed E-state index contributed by atoms with van der Waals surface area (Å²) in [5.74, 6) is -2.49. The van der Waals surface area contributed by atoms with Crippen LogP contribution in [0.15, 0.2) is 78.9 Å². The highest BCUT2D eigenvalue weighted by molar-refractivity contribution is 6.30. The van der Waals surface area contributed by atoms with Crippen LogP contribution >= 0.6 is 11.6 Å². The molecule has 0 radical (unpaired) electrons. The molecule has 8 rings (SSSR count). The molecule has 2 saturated heterocycles. The second-order valence-electron chi connectivity index (χ2n) is 14.9. The molecular formula is C43H41ClFN3O10. The largest absolute Gasteiger partial charge is 0.489 e. The molecule has 1 aromatic heterocycles. The van der Waals surface area contributed by atoms with Gasteiger partial charge < -0.3 is 44.1 Å². The zero-order valence-electron chi connectivity index (χ0n) is 31.2. The molecule has 4 N–H and O–H groups in total. The third-order valence-electron chi connectivity index (χ3n) is 11.1. The zero-order chi connectivity index (χ0) is 40.7. The van der Waals surface area contributed by atoms with Crippen LogP contribution in [0.4, 0.5) is 10.1 Å². The average Bonchev–Trinajstić information content (AvgIpc) is 3.83. The van der Waals surface area contributed by atoms with Gasteiger partial charge >= 0.3 is 11.9 Å². The van der Waals surface area contributed by atoms with Crippen molar-refractivity contribution in [2.24, 2.45) is 0 Å². The van der Waals surface area contributed by atoms with Crippen molar-refractivity contribution in [3.63, 3.8) is 0 Å². The summed E-state index contributed by atoms with van der Waals surface area (Å²) in [6.45, 7) is 0.722. The van der Waals surface area contributed by atoms with Gasteiger partial charge in [0, 0.05) is 35.8 Å². The average molecular weight is 814 g/mol. The van der Waals surface area contributed by atoms with Crippen LogP contribution in [0.25, 0.3) is 33.5 Å². The molecule has 3 aliphatic rings. The molecule has 4 aromatic carbocycles. The van der Waals surface area contributed by atoms with Gasteiger partial charge in [-0.25, -0.2) is 19.0 Å². The SMILES string of the molecule is O=C(OC1OC(C(=O)O)C(O)C(O)C1O)c1ccc2c(c1)nc(-c1ccc(OCc3cc(N4CCCC4=O)ccc3-c3ccc(Cl)cc3)cc1F)n2C1CCCCC1. The quantitative estimate of drug-likeness (QED) is 0.114. The summed E-state index contributed by atoms with van der Waals surface area (Å²) in [5, 5.41) is 40.5. The number of benzene rings is 4. The minimum absolute atomic E-state index is 0.00888. The van der Waals surface area contributed by atoms with Gasteiger partial charge in [-0.2, -0.15) is 0 Å². The first-order chi connectivity index (χ1) is 28.0. The Balaban J connectivity index is 1.07. The molecule has 0 bridgehead atoms. The summed E-state index contributed by atoms with van der Waals surface area (Å²) in [4.78, 5) is 43.9. The monoisotopic (exact) mass is 813 g/mol. The number of rotatable bonds is 10. The molecule has 2 aliphatic heterocycles. The number of halogens is 2. The van der Waals surface area contributed by atoms with E-state index >= 15 is 4.39 Å². The molecule has 13 nitrogen and oxygen atoms in total. The summed E-state index contributed by atoms with van der Waals surface area (Å²) in [6.07, 6.45) is -3.61. The van der Waals surface area contributed by atoms with Crippen molar-refractivity contribution in [2.45, 2.75) is 88.3 Å². The van der Waals surface area contributed by atoms with Gasteiger partial charge in [-0.05, 0) is 90.6 Å². The van der Waals surface area contributed by atoms with E-state index in [1.807, 2.05) is 34.9 Å². The van der Waals surface area contributed by atoms with E-state index in [1.165, 1.54) is 18.2 Å². The number of carbonyl (C=O) groups is 3. The lowest BCUT2D eigenvalue weighted by molar-refractivity contribution is -0.278. The van der Waals surface area contributed by atoms with E-state index in [2.05, 4.69) is 0 Å². The maximum atomic E-state index is 16.3. The van der Waals surface area contributed by atoms with Crippen LogP contribution in [0, 0.1) is 5.82 Å². The number of aromatic nitrogens is 2. The maximum Gasteiger partial charge on any atom is 0.340 e. The number of amides is 1. The molecular weight excluding hydrogens is 773 g/mol. The Morgan fingerprint density at radius 1 is 0.879 bits per heavy atom. The van der Waals surface area contributed by atoms with Crippen molar-refractivity contribution in [2.75, 3.05) is 11.4 Å². The highest BCUT2D eigenvalue weighted by atomic mass is 35.5. The van der Waals surface area contributed by atoms with Crippen LogP contribution in [-0.4, -0.2) is 85.1 Å². The van der Waals surface area contributed by atoms with E-state index in [1.54, 1.807) is 35.2 Å². The van der Waals surface area contributed by atoms with Gasteiger partial charge in [0.05, 0.1) is 22.2 Å². The number of ether oxygens (including phenoxy) is 3. The molecule has 3 fully saturated rings. The lowest BCUT2D eigenvalue weighted by Gasteiger charge is -2.37. The minimum atomic E-state index is -1.94. The number of carboxylic acid groups (broad SMARTS) is 1. The fraction of sp³-hybridized carbons (Fsp3) is 0.349. The number of aliphatic hydroxyl groups is 3. The number of carboxylic acids is 1. The van der Waals surface area contributed by atoms with Gasteiger partial charge in [0.2, 0.25) is 12.2 Å². The van der Waals surface area contributed by atoms with Crippen molar-refractivity contribution in [1.29, 1.82) is 0 Å². The van der Waals surface area contributed by atoms with E-state index in [0.717, 1.165) is 60.9 Å². The molecule has 5 atom stereocenters. The predicted octanol–water partition coefficient (Wildman–Crippen LogP) is 6.42. The number of hydrogen-bond donors (Lipinski definition) is 4. The van der Waals surface area contributed by atoms with Crippen molar-refractivity contribution in [3.8, 4) is 28.3 Å². The Labute approximate surface area is 337 Å². The molecule has 1 aliphatic carbocycles. The fourth-order valence-electron chi connectivity index (χ4n) is 8.08. The second kappa shape index (κ2) is 16.5. The lowest BCUT2D eigenvalue weighted by Crippen LogP contribution is -2.60. The number of anilines is 1. The number of fused-ring (bicyclic) bond motifs is 1. The molecule has 1 saturated carbocycles. The number of aliphatic carboxylic acids is 1. The van der Waals surface area contributed by atoms with E-state index < -0.39 is 48.5 Å². The van der Waals surface area contributed by atoms with Crippen molar-refractivity contribution < 1.29 is 53.4 Å². The van der Waals surface area contributed by atoms with Crippen molar-refractivity contribution >= 4 is 46.2 Å². The number of carbonyl (C=O) groups excluding carboxylic acids is 2. The highest BCUT2D eigenvalue weighted by Gasteiger charge is 2.48. The molecule has 3 heterocycles. The smallest absolute Gasteiger partial charge is 0.340 e. The zero-order valence-corrected chi connectivity index (χ0v) is 31.9. The van der Waals surface area contributed by atoms with Crippen molar-refractivity contribution in [3.05, 3.63) is 101 Å². The van der Waals surface area contributed by atoms with Crippen LogP contribution < -0.4 is 9.64 Å². The molecule has 15 heteroatoms. The molecule has 0 spiro atoms. The summed E-state index contributed by atoms with van der Waals surface area (Å²) >= 11 is 6.16. The number of aliphatic hydroxyl groups excluding tert-OH is 3. The summed E-state index contributed by atoms with van der Waals surface area (Å²) in [5.41, 5.74) is 4.59. The molecule has 58 heavy (non-hydrogen) atoms. The van der Waals surface area contributed by atoms with Gasteiger partial charge in [0.15, 0.2) is 6.10 Å². The highest BCUT2D eigenvalue weighted by Crippen LogP contribution is 2.38. The van der Waals surface area contributed by atoms with Gasteiger partial charge in [-0.1, -0.05) is 49.1 Å². The Hall–Kier alpha value is -5.38. The van der Waals surface area contributed by atoms with E-state index in [4.69, 9.17) is 30.8 Å². The lowest BCUT2D eigenvalue weighted by atomic mass is 9.94. The van der Waals surface area contributed by atoms with Crippen LogP contribution in [0.2, 0.25) is 5.02 Å². The third kappa shape index (κ3) is 7.77. The standard InChI is InChI=1S/C43H41ClFN3O10/c44-26-11-8-23(9-12-26)30-15-13-28(47-18-4-7-35(47)49)19-25(30)22-56-29-14-16-31(32(45)21-29)40-46-33-20-24(10-17-34(33)48(40)27-5-2-1-3-6-27)42(55)58-43-38(52)36(50)37(51)39(57-43)41(53)54/h8-17,19-21,27,36-39,43,50-52H,1-7,18,22H2,(H,53,54). The van der Waals surface area contributed by atoms with Crippen LogP contribution in [-0.2, 0) is 25.7 Å². The predicted molar refractivity (Wildman–Crippen MR) is 210 cm³/mol. The van der Waals surface area contributed by atoms with E-state index in [-0.39, 0.29) is 35.4 Å². The first-order valence-electron chi connectivity index (χ1n) is 19.2. The first-order valence-corrected chi connectivity index (χ1v) is 19.6. The summed E-state index contributed by atoms with van der Waals surface area (Å²) in [6, 6.07) is 22.4. The first kappa shape index (κ1) is 39.4. The van der Waals surface area contributed by atoms with Crippen LogP contribution in [0.1, 0.15) is 66.9 Å².